The number of thioether (sulfide) groups is 1. The van der Waals surface area contributed by atoms with E-state index in [0.29, 0.717) is 5.95 Å². The maximum absolute atomic E-state index is 4.37. The van der Waals surface area contributed by atoms with E-state index in [9.17, 15) is 0 Å². The molecule has 1 heterocycles. The van der Waals surface area contributed by atoms with Gasteiger partial charge < -0.3 is 5.32 Å². The maximum atomic E-state index is 4.37. The largest absolute Gasteiger partial charge is 0.352 e. The van der Waals surface area contributed by atoms with E-state index in [1.807, 2.05) is 30.3 Å². The number of nitrogens with zero attached hydrogens (tertiary/aromatic N) is 2. The first kappa shape index (κ1) is 11.0. The second kappa shape index (κ2) is 5.55. The summed E-state index contributed by atoms with van der Waals surface area (Å²) >= 11 is 1.80. The Bertz CT molecular complexity index is 427. The van der Waals surface area contributed by atoms with Crippen molar-refractivity contribution in [3.8, 4) is 11.4 Å². The van der Waals surface area contributed by atoms with Crippen LogP contribution in [0.1, 0.15) is 0 Å². The van der Waals surface area contributed by atoms with Gasteiger partial charge in [-0.15, -0.1) is 5.10 Å². The molecule has 0 saturated carbocycles. The van der Waals surface area contributed by atoms with Gasteiger partial charge in [0.2, 0.25) is 5.95 Å². The molecule has 16 heavy (non-hydrogen) atoms. The van der Waals surface area contributed by atoms with E-state index in [-0.39, 0.29) is 0 Å². The molecule has 0 aliphatic rings. The van der Waals surface area contributed by atoms with E-state index in [2.05, 4.69) is 26.8 Å². The van der Waals surface area contributed by atoms with Gasteiger partial charge in [0.1, 0.15) is 0 Å². The van der Waals surface area contributed by atoms with Crippen molar-refractivity contribution < 1.29 is 0 Å². The first-order chi connectivity index (χ1) is 7.90. The lowest BCUT2D eigenvalue weighted by Gasteiger charge is -1.97. The number of aromatic nitrogens is 3. The predicted molar refractivity (Wildman–Crippen MR) is 68.7 cm³/mol. The standard InChI is InChI=1S/C11H14N4S/c1-16-8-7-12-11-13-10(14-15-11)9-5-3-2-4-6-9/h2-6H,7-8H2,1H3,(H2,12,13,14,15). The number of nitrogens with one attached hydrogen (secondary N) is 2. The molecule has 0 unspecified atom stereocenters. The number of H-pyrrole nitrogens is 1. The molecule has 0 atom stereocenters. The molecule has 0 amide bonds. The second-order valence-corrected chi connectivity index (χ2v) is 4.28. The first-order valence-corrected chi connectivity index (χ1v) is 6.50. The van der Waals surface area contributed by atoms with Gasteiger partial charge in [0.05, 0.1) is 0 Å². The number of anilines is 1. The van der Waals surface area contributed by atoms with Crippen molar-refractivity contribution in [2.24, 2.45) is 0 Å². The van der Waals surface area contributed by atoms with Crippen molar-refractivity contribution in [2.75, 3.05) is 23.9 Å². The molecular weight excluding hydrogens is 220 g/mol. The zero-order chi connectivity index (χ0) is 11.2. The van der Waals surface area contributed by atoms with Crippen molar-refractivity contribution >= 4 is 17.7 Å². The van der Waals surface area contributed by atoms with Crippen LogP contribution in [0.5, 0.6) is 0 Å². The van der Waals surface area contributed by atoms with Gasteiger partial charge in [0.15, 0.2) is 5.82 Å². The summed E-state index contributed by atoms with van der Waals surface area (Å²) < 4.78 is 0. The van der Waals surface area contributed by atoms with Gasteiger partial charge in [-0.2, -0.15) is 16.7 Å². The lowest BCUT2D eigenvalue weighted by atomic mass is 10.2. The maximum Gasteiger partial charge on any atom is 0.242 e. The summed E-state index contributed by atoms with van der Waals surface area (Å²) in [4.78, 5) is 4.37. The average molecular weight is 234 g/mol. The van der Waals surface area contributed by atoms with Crippen molar-refractivity contribution in [1.82, 2.24) is 15.2 Å². The summed E-state index contributed by atoms with van der Waals surface area (Å²) in [6, 6.07) is 9.97. The number of hydrogen-bond acceptors (Lipinski definition) is 4. The number of hydrogen-bond donors (Lipinski definition) is 2. The van der Waals surface area contributed by atoms with E-state index >= 15 is 0 Å². The van der Waals surface area contributed by atoms with Crippen molar-refractivity contribution in [2.45, 2.75) is 0 Å². The van der Waals surface area contributed by atoms with Crippen LogP contribution in [-0.2, 0) is 0 Å². The topological polar surface area (TPSA) is 53.6 Å². The molecule has 84 valence electrons. The summed E-state index contributed by atoms with van der Waals surface area (Å²) in [5, 5.41) is 10.2. The highest BCUT2D eigenvalue weighted by Gasteiger charge is 2.03. The number of benzene rings is 1. The van der Waals surface area contributed by atoms with Gasteiger partial charge in [-0.25, -0.2) is 0 Å². The number of rotatable bonds is 5. The Balaban J connectivity index is 2.02. The number of aromatic amines is 1. The highest BCUT2D eigenvalue weighted by molar-refractivity contribution is 7.98. The molecule has 5 heteroatoms. The molecule has 2 aromatic rings. The van der Waals surface area contributed by atoms with E-state index in [1.165, 1.54) is 0 Å². The molecule has 2 rings (SSSR count). The quantitative estimate of drug-likeness (QED) is 0.779. The molecule has 0 spiro atoms. The molecular formula is C11H14N4S. The van der Waals surface area contributed by atoms with Crippen LogP contribution in [0.3, 0.4) is 0 Å². The highest BCUT2D eigenvalue weighted by atomic mass is 32.2. The van der Waals surface area contributed by atoms with E-state index in [1.54, 1.807) is 11.8 Å². The van der Waals surface area contributed by atoms with E-state index in [0.717, 1.165) is 23.7 Å². The van der Waals surface area contributed by atoms with Crippen LogP contribution >= 0.6 is 11.8 Å². The van der Waals surface area contributed by atoms with Gasteiger partial charge >= 0.3 is 0 Å². The highest BCUT2D eigenvalue weighted by Crippen LogP contribution is 2.14. The normalized spacial score (nSPS) is 10.3. The summed E-state index contributed by atoms with van der Waals surface area (Å²) in [5.74, 6) is 2.51. The molecule has 1 aromatic carbocycles. The van der Waals surface area contributed by atoms with E-state index in [4.69, 9.17) is 0 Å². The van der Waals surface area contributed by atoms with Crippen LogP contribution in [0.2, 0.25) is 0 Å². The minimum Gasteiger partial charge on any atom is -0.352 e. The van der Waals surface area contributed by atoms with Crippen LogP contribution < -0.4 is 5.32 Å². The van der Waals surface area contributed by atoms with E-state index < -0.39 is 0 Å². The van der Waals surface area contributed by atoms with Gasteiger partial charge in [-0.3, -0.25) is 5.10 Å². The SMILES string of the molecule is CSCCNc1n[nH]c(-c2ccccc2)n1. The van der Waals surface area contributed by atoms with Crippen LogP contribution in [0.25, 0.3) is 11.4 Å². The first-order valence-electron chi connectivity index (χ1n) is 5.11. The van der Waals surface area contributed by atoms with Gasteiger partial charge in [0.25, 0.3) is 0 Å². The molecule has 2 N–H and O–H groups in total. The molecule has 0 aliphatic carbocycles. The lowest BCUT2D eigenvalue weighted by Crippen LogP contribution is -2.04. The molecule has 0 aliphatic heterocycles. The van der Waals surface area contributed by atoms with Crippen molar-refractivity contribution in [3.05, 3.63) is 30.3 Å². The smallest absolute Gasteiger partial charge is 0.242 e. The zero-order valence-corrected chi connectivity index (χ0v) is 9.92. The molecule has 1 aromatic heterocycles. The van der Waals surface area contributed by atoms with Crippen LogP contribution in [0.15, 0.2) is 30.3 Å². The summed E-state index contributed by atoms with van der Waals surface area (Å²) in [6.07, 6.45) is 2.08. The summed E-state index contributed by atoms with van der Waals surface area (Å²) in [7, 11) is 0. The van der Waals surface area contributed by atoms with Gasteiger partial charge in [0, 0.05) is 17.9 Å². The molecule has 0 fully saturated rings. The molecule has 0 radical (unpaired) electrons. The van der Waals surface area contributed by atoms with Gasteiger partial charge in [-0.1, -0.05) is 30.3 Å². The van der Waals surface area contributed by atoms with Crippen LogP contribution in [0, 0.1) is 0 Å². The fraction of sp³-hybridized carbons (Fsp3) is 0.273. The Morgan fingerprint density at radius 2 is 2.12 bits per heavy atom. The zero-order valence-electron chi connectivity index (χ0n) is 9.10. The minimum atomic E-state index is 0.660. The third-order valence-electron chi connectivity index (χ3n) is 2.12. The second-order valence-electron chi connectivity index (χ2n) is 3.29. The Kier molecular flexibility index (Phi) is 3.82. The average Bonchev–Trinajstić information content (AvgIpc) is 2.79. The Morgan fingerprint density at radius 1 is 1.31 bits per heavy atom. The summed E-state index contributed by atoms with van der Waals surface area (Å²) in [6.45, 7) is 0.882. The molecule has 0 bridgehead atoms. The van der Waals surface area contributed by atoms with Gasteiger partial charge in [-0.05, 0) is 6.26 Å². The Labute approximate surface area is 98.9 Å². The van der Waals surface area contributed by atoms with Crippen molar-refractivity contribution in [3.63, 3.8) is 0 Å². The summed E-state index contributed by atoms with van der Waals surface area (Å²) in [5.41, 5.74) is 1.05. The fourth-order valence-corrected chi connectivity index (χ4v) is 1.64. The minimum absolute atomic E-state index is 0.660. The Morgan fingerprint density at radius 3 is 2.88 bits per heavy atom. The molecule has 4 nitrogen and oxygen atoms in total. The monoisotopic (exact) mass is 234 g/mol. The van der Waals surface area contributed by atoms with Crippen LogP contribution in [-0.4, -0.2) is 33.7 Å². The van der Waals surface area contributed by atoms with Crippen molar-refractivity contribution in [1.29, 1.82) is 0 Å². The Hall–Kier alpha value is -1.49. The molecule has 0 saturated heterocycles. The third kappa shape index (κ3) is 2.76. The lowest BCUT2D eigenvalue weighted by molar-refractivity contribution is 1.07. The van der Waals surface area contributed by atoms with Crippen LogP contribution in [0.4, 0.5) is 5.95 Å². The predicted octanol–water partition coefficient (Wildman–Crippen LogP) is 2.25. The fourth-order valence-electron chi connectivity index (χ4n) is 1.33. The third-order valence-corrected chi connectivity index (χ3v) is 2.73.